The average molecular weight is 331 g/mol. The van der Waals surface area contributed by atoms with Gasteiger partial charge in [-0.25, -0.2) is 4.79 Å². The van der Waals surface area contributed by atoms with Gasteiger partial charge >= 0.3 is 5.97 Å². The smallest absolute Gasteiger partial charge is 0.328 e. The van der Waals surface area contributed by atoms with E-state index in [0.29, 0.717) is 12.3 Å². The monoisotopic (exact) mass is 331 g/mol. The highest BCUT2D eigenvalue weighted by Crippen LogP contribution is 2.31. The highest BCUT2D eigenvalue weighted by atomic mass is 16.5. The van der Waals surface area contributed by atoms with E-state index < -0.39 is 6.04 Å². The van der Waals surface area contributed by atoms with Gasteiger partial charge in [0.15, 0.2) is 0 Å². The zero-order chi connectivity index (χ0) is 17.7. The van der Waals surface area contributed by atoms with Crippen LogP contribution in [-0.2, 0) is 14.3 Å². The largest absolute Gasteiger partial charge is 0.467 e. The molecule has 2 rings (SSSR count). The Morgan fingerprint density at radius 3 is 2.29 bits per heavy atom. The van der Waals surface area contributed by atoms with Crippen molar-refractivity contribution in [3.63, 3.8) is 0 Å². The SMILES string of the molecule is COC(=O)[C@@H](C)N(C(=O)CC1CCCCC1)c1c(C)cccc1C. The van der Waals surface area contributed by atoms with E-state index in [2.05, 4.69) is 0 Å². The van der Waals surface area contributed by atoms with E-state index in [1.54, 1.807) is 11.8 Å². The zero-order valence-corrected chi connectivity index (χ0v) is 15.3. The van der Waals surface area contributed by atoms with E-state index >= 15 is 0 Å². The van der Waals surface area contributed by atoms with E-state index in [1.165, 1.54) is 26.4 Å². The third-order valence-electron chi connectivity index (χ3n) is 5.07. The lowest BCUT2D eigenvalue weighted by Crippen LogP contribution is -2.45. The summed E-state index contributed by atoms with van der Waals surface area (Å²) in [5.74, 6) is 0.0785. The molecule has 0 aromatic heterocycles. The quantitative estimate of drug-likeness (QED) is 0.761. The fourth-order valence-corrected chi connectivity index (χ4v) is 3.73. The van der Waals surface area contributed by atoms with Gasteiger partial charge in [0.05, 0.1) is 12.8 Å². The number of benzene rings is 1. The number of methoxy groups -OCH3 is 1. The molecule has 0 N–H and O–H groups in total. The maximum atomic E-state index is 13.1. The maximum Gasteiger partial charge on any atom is 0.328 e. The van der Waals surface area contributed by atoms with Gasteiger partial charge < -0.3 is 4.74 Å². The van der Waals surface area contributed by atoms with E-state index in [9.17, 15) is 9.59 Å². The molecule has 4 nitrogen and oxygen atoms in total. The van der Waals surface area contributed by atoms with Gasteiger partial charge in [-0.15, -0.1) is 0 Å². The van der Waals surface area contributed by atoms with Crippen LogP contribution in [0.3, 0.4) is 0 Å². The third kappa shape index (κ3) is 4.16. The van der Waals surface area contributed by atoms with Crippen molar-refractivity contribution >= 4 is 17.6 Å². The van der Waals surface area contributed by atoms with Crippen LogP contribution in [-0.4, -0.2) is 25.0 Å². The molecule has 24 heavy (non-hydrogen) atoms. The predicted molar refractivity (Wildman–Crippen MR) is 96.1 cm³/mol. The molecule has 0 radical (unpaired) electrons. The van der Waals surface area contributed by atoms with Crippen molar-refractivity contribution in [3.05, 3.63) is 29.3 Å². The number of anilines is 1. The molecule has 1 aliphatic rings. The summed E-state index contributed by atoms with van der Waals surface area (Å²) in [4.78, 5) is 26.9. The van der Waals surface area contributed by atoms with Crippen LogP contribution in [0.25, 0.3) is 0 Å². The minimum Gasteiger partial charge on any atom is -0.467 e. The number of para-hydroxylation sites is 1. The Kier molecular flexibility index (Phi) is 6.41. The molecule has 1 aromatic carbocycles. The van der Waals surface area contributed by atoms with Crippen LogP contribution in [0.2, 0.25) is 0 Å². The van der Waals surface area contributed by atoms with Crippen LogP contribution in [0.1, 0.15) is 56.6 Å². The van der Waals surface area contributed by atoms with Crippen molar-refractivity contribution < 1.29 is 14.3 Å². The van der Waals surface area contributed by atoms with E-state index in [-0.39, 0.29) is 11.9 Å². The second kappa shape index (κ2) is 8.32. The summed E-state index contributed by atoms with van der Waals surface area (Å²) < 4.78 is 4.90. The molecule has 1 amide bonds. The van der Waals surface area contributed by atoms with E-state index in [0.717, 1.165) is 29.7 Å². The number of hydrogen-bond acceptors (Lipinski definition) is 3. The molecule has 1 aliphatic carbocycles. The van der Waals surface area contributed by atoms with Crippen molar-refractivity contribution in [2.45, 2.75) is 65.3 Å². The van der Waals surface area contributed by atoms with Crippen LogP contribution >= 0.6 is 0 Å². The van der Waals surface area contributed by atoms with Gasteiger partial charge in [-0.05, 0) is 50.7 Å². The number of carbonyl (C=O) groups is 2. The van der Waals surface area contributed by atoms with E-state index in [4.69, 9.17) is 4.74 Å². The first-order valence-corrected chi connectivity index (χ1v) is 8.91. The normalized spacial score (nSPS) is 16.5. The number of rotatable bonds is 5. The Bertz CT molecular complexity index is 570. The topological polar surface area (TPSA) is 46.6 Å². The number of aryl methyl sites for hydroxylation is 2. The van der Waals surface area contributed by atoms with Crippen LogP contribution in [0.15, 0.2) is 18.2 Å². The van der Waals surface area contributed by atoms with Crippen molar-refractivity contribution in [1.82, 2.24) is 0 Å². The fourth-order valence-electron chi connectivity index (χ4n) is 3.73. The summed E-state index contributed by atoms with van der Waals surface area (Å²) in [5, 5.41) is 0. The van der Waals surface area contributed by atoms with Gasteiger partial charge in [-0.1, -0.05) is 37.5 Å². The standard InChI is InChI=1S/C20H29NO3/c1-14-9-8-10-15(2)19(14)21(16(3)20(23)24-4)18(22)13-17-11-6-5-7-12-17/h8-10,16-17H,5-7,11-13H2,1-4H3/t16-/m1/s1. The van der Waals surface area contributed by atoms with Crippen LogP contribution in [0.5, 0.6) is 0 Å². The van der Waals surface area contributed by atoms with Gasteiger partial charge in [-0.3, -0.25) is 9.69 Å². The average Bonchev–Trinajstić information content (AvgIpc) is 2.57. The summed E-state index contributed by atoms with van der Waals surface area (Å²) in [6.07, 6.45) is 6.40. The molecule has 1 aromatic rings. The minimum atomic E-state index is -0.620. The molecule has 1 saturated carbocycles. The highest BCUT2D eigenvalue weighted by Gasteiger charge is 2.31. The zero-order valence-electron chi connectivity index (χ0n) is 15.3. The lowest BCUT2D eigenvalue weighted by Gasteiger charge is -2.32. The first-order chi connectivity index (χ1) is 11.5. The first-order valence-electron chi connectivity index (χ1n) is 8.91. The molecule has 132 valence electrons. The maximum absolute atomic E-state index is 13.1. The molecular formula is C20H29NO3. The molecule has 0 heterocycles. The van der Waals surface area contributed by atoms with Gasteiger partial charge in [0.2, 0.25) is 5.91 Å². The Morgan fingerprint density at radius 2 is 1.75 bits per heavy atom. The predicted octanol–water partition coefficient (Wildman–Crippen LogP) is 4.17. The van der Waals surface area contributed by atoms with Crippen LogP contribution in [0.4, 0.5) is 5.69 Å². The van der Waals surface area contributed by atoms with Crippen molar-refractivity contribution in [1.29, 1.82) is 0 Å². The van der Waals surface area contributed by atoms with Gasteiger partial charge in [0.25, 0.3) is 0 Å². The van der Waals surface area contributed by atoms with Gasteiger partial charge in [0.1, 0.15) is 6.04 Å². The molecule has 0 unspecified atom stereocenters. The second-order valence-corrected chi connectivity index (χ2v) is 6.91. The summed E-state index contributed by atoms with van der Waals surface area (Å²) in [6, 6.07) is 5.31. The summed E-state index contributed by atoms with van der Waals surface area (Å²) in [6.45, 7) is 5.71. The number of esters is 1. The fraction of sp³-hybridized carbons (Fsp3) is 0.600. The molecule has 1 fully saturated rings. The Balaban J connectivity index is 2.31. The molecular weight excluding hydrogens is 302 g/mol. The molecule has 0 bridgehead atoms. The number of ether oxygens (including phenoxy) is 1. The Morgan fingerprint density at radius 1 is 1.17 bits per heavy atom. The van der Waals surface area contributed by atoms with Gasteiger partial charge in [-0.2, -0.15) is 0 Å². The Hall–Kier alpha value is -1.84. The Labute approximate surface area is 145 Å². The highest BCUT2D eigenvalue weighted by molar-refractivity contribution is 6.00. The molecule has 4 heteroatoms. The van der Waals surface area contributed by atoms with E-state index in [1.807, 2.05) is 32.0 Å². The van der Waals surface area contributed by atoms with Crippen molar-refractivity contribution in [2.24, 2.45) is 5.92 Å². The third-order valence-corrected chi connectivity index (χ3v) is 5.07. The number of carbonyl (C=O) groups excluding carboxylic acids is 2. The van der Waals surface area contributed by atoms with Crippen LogP contribution < -0.4 is 4.90 Å². The second-order valence-electron chi connectivity index (χ2n) is 6.91. The summed E-state index contributed by atoms with van der Waals surface area (Å²) in [5.41, 5.74) is 2.85. The summed E-state index contributed by atoms with van der Waals surface area (Å²) >= 11 is 0. The first kappa shape index (κ1) is 18.5. The number of amides is 1. The summed E-state index contributed by atoms with van der Waals surface area (Å²) in [7, 11) is 1.37. The van der Waals surface area contributed by atoms with Crippen LogP contribution in [0, 0.1) is 19.8 Å². The number of hydrogen-bond donors (Lipinski definition) is 0. The molecule has 1 atom stereocenters. The van der Waals surface area contributed by atoms with Crippen molar-refractivity contribution in [3.8, 4) is 0 Å². The minimum absolute atomic E-state index is 0.0252. The molecule has 0 saturated heterocycles. The number of nitrogens with zero attached hydrogens (tertiary/aromatic N) is 1. The van der Waals surface area contributed by atoms with Gasteiger partial charge in [0, 0.05) is 6.42 Å². The van der Waals surface area contributed by atoms with Crippen molar-refractivity contribution in [2.75, 3.05) is 12.0 Å². The lowest BCUT2D eigenvalue weighted by atomic mass is 9.86. The molecule has 0 spiro atoms. The molecule has 0 aliphatic heterocycles. The lowest BCUT2D eigenvalue weighted by molar-refractivity contribution is -0.143.